The molecule has 25 atom stereocenters. The van der Waals surface area contributed by atoms with Gasteiger partial charge >= 0.3 is 186 Å². The molecule has 50 heteroatoms. The molecule has 5 fully saturated rings. The van der Waals surface area contributed by atoms with Crippen LogP contribution in [0.25, 0.3) is 0 Å². The van der Waals surface area contributed by atoms with Crippen LogP contribution in [0.3, 0.4) is 0 Å². The molecule has 5 heterocycles. The van der Waals surface area contributed by atoms with Gasteiger partial charge in [-0.15, -0.1) is 0 Å². The van der Waals surface area contributed by atoms with E-state index in [0.29, 0.717) is 0 Å². The third-order valence-electron chi connectivity index (χ3n) is 12.3. The number of hydrogen-bond donors (Lipinski definition) is 10. The summed E-state index contributed by atoms with van der Waals surface area (Å²) in [5.74, 6) is -2.91. The fraction of sp³-hybridized carbons (Fsp3) is 0.970. The maximum atomic E-state index is 12.1. The molecule has 5 aliphatic heterocycles. The van der Waals surface area contributed by atoms with Crippen LogP contribution in [0.4, 0.5) is 0 Å². The number of ether oxygens (including phenoxy) is 10. The van der Waals surface area contributed by atoms with Crippen molar-refractivity contribution in [1.82, 2.24) is 0 Å². The number of rotatable bonds is 21. The van der Waals surface area contributed by atoms with Gasteiger partial charge in [-0.05, 0) is 11.8 Å². The molecule has 83 heavy (non-hydrogen) atoms. The summed E-state index contributed by atoms with van der Waals surface area (Å²) < 4.78 is 203. The molecular formula is C33H58CaN4Na5O36S4+. The molecule has 0 aromatic heterocycles. The summed E-state index contributed by atoms with van der Waals surface area (Å²) in [5.41, 5.74) is 17.8. The Hall–Kier alpha value is 4.33. The zero-order valence-electron chi connectivity index (χ0n) is 45.7. The molecule has 0 aromatic rings. The second-order valence-corrected chi connectivity index (χ2v) is 21.4. The van der Waals surface area contributed by atoms with Gasteiger partial charge in [0, 0.05) is 14.2 Å². The summed E-state index contributed by atoms with van der Waals surface area (Å²) in [7, 11) is -19.1. The van der Waals surface area contributed by atoms with Crippen LogP contribution in [0.5, 0.6) is 0 Å². The van der Waals surface area contributed by atoms with Crippen LogP contribution in [-0.4, -0.2) is 307 Å². The van der Waals surface area contributed by atoms with E-state index in [2.05, 4.69) is 16.7 Å². The summed E-state index contributed by atoms with van der Waals surface area (Å²) in [6.07, 6.45) is -36.3. The van der Waals surface area contributed by atoms with Crippen molar-refractivity contribution < 1.29 is 315 Å². The number of hydrogen-bond acceptors (Lipinski definition) is 39. The number of aliphatic hydroxyl groups is 6. The maximum Gasteiger partial charge on any atom is 2.00 e. The maximum absolute atomic E-state index is 12.1. The van der Waals surface area contributed by atoms with Crippen LogP contribution in [0, 0.1) is 17.0 Å². The third kappa shape index (κ3) is 27.5. The Kier molecular flexibility index (Phi) is 45.9. The molecule has 0 saturated carbocycles. The fourth-order valence-corrected chi connectivity index (χ4v) is 9.44. The molecular weight excluding hydrogens is 1310 g/mol. The molecule has 0 spiro atoms. The van der Waals surface area contributed by atoms with Crippen molar-refractivity contribution in [2.75, 3.05) is 34.0 Å². The van der Waals surface area contributed by atoms with Crippen LogP contribution in [0.2, 0.25) is 0 Å². The van der Waals surface area contributed by atoms with Gasteiger partial charge in [0.1, 0.15) is 67.1 Å². The number of carboxylic acid groups (broad SMARTS) is 1. The van der Waals surface area contributed by atoms with Gasteiger partial charge in [-0.1, -0.05) is 13.8 Å². The van der Waals surface area contributed by atoms with Gasteiger partial charge in [0.15, 0.2) is 43.7 Å². The van der Waals surface area contributed by atoms with Crippen LogP contribution in [0.15, 0.2) is 0 Å². The summed E-state index contributed by atoms with van der Waals surface area (Å²) in [6.45, 7) is 0.302. The Labute approximate surface area is 615 Å². The molecule has 5 saturated heterocycles. The predicted molar refractivity (Wildman–Crippen MR) is 230 cm³/mol. The van der Waals surface area contributed by atoms with E-state index in [0.717, 1.165) is 14.2 Å². The molecule has 0 radical (unpaired) electrons. The second kappa shape index (κ2) is 40.7. The van der Waals surface area contributed by atoms with Gasteiger partial charge in [0.25, 0.3) is 0 Å². The molecule has 5 rings (SSSR count). The van der Waals surface area contributed by atoms with Gasteiger partial charge in [0.05, 0.1) is 50.0 Å². The molecule has 10 unspecified atom stereocenters. The van der Waals surface area contributed by atoms with E-state index in [4.69, 9.17) is 64.6 Å². The van der Waals surface area contributed by atoms with Gasteiger partial charge in [-0.2, -0.15) is 0 Å². The zero-order valence-corrected chi connectivity index (χ0v) is 61.1. The molecule has 15 N–H and O–H groups in total. The quantitative estimate of drug-likeness (QED) is 0.0221. The van der Waals surface area contributed by atoms with Gasteiger partial charge in [0.2, 0.25) is 47.8 Å². The van der Waals surface area contributed by atoms with Crippen molar-refractivity contribution in [2.45, 2.75) is 155 Å². The summed E-state index contributed by atoms with van der Waals surface area (Å²) in [4.78, 5) is 11.3. The van der Waals surface area contributed by atoms with Crippen LogP contribution in [-0.2, 0) is 110 Å². The average Bonchev–Trinajstić information content (AvgIpc) is 3.31. The van der Waals surface area contributed by atoms with E-state index in [1.165, 1.54) is 0 Å². The number of methoxy groups -OCH3 is 2. The molecule has 456 valence electrons. The minimum Gasteiger partial charge on any atom is -0.870 e. The van der Waals surface area contributed by atoms with E-state index in [1.54, 1.807) is 13.8 Å². The number of nitrogens with two attached hydrogens (primary N) is 4. The standard InChI is InChI=1S/C20H39N3O21S3.C13H23NO14S.Ca.5Na.H2O/c1-6-7(2)10(21)19(39-8(6)4-37-45(27,28)29)42-15-13(25)16(44-47(33,34)35)20(43-17(15)23-26)41-14-9(5-38-46(30,31)32)40-18(36-3)11(22)12(14)24;1-24-13-8(18)7(17)9(10(28-13)11(19)20)27-12-4(14)6(16)5(15)3(26-12)2-25-29(21,22)23;;;;;;;/h6-20,24-25H,4-5,21-23H2,1-3H3,(H,27,28,29)(H,30,31,32)(H,33,34,35);3-10,12-13,15-18H,2,14H2,1H3,(H,19,20)(H,21,22,23);;;;;;;1H2/q;;+2;5*+1;/p-6/t6-,7-,8?,9?,10?,11?,12+,13?,14+,15-,16?,17+,18-,19+,20+;3?,4?,5-,6-,7-,8?,9+,10?,12-,13-;;;;;;;/m01......./s1. The number of carbonyl (C=O) groups is 1. The first kappa shape index (κ1) is 93.7. The van der Waals surface area contributed by atoms with Crippen molar-refractivity contribution in [2.24, 2.45) is 29.0 Å². The Morgan fingerprint density at radius 3 is 1.37 bits per heavy atom. The number of carboxylic acids is 1. The molecule has 40 nitrogen and oxygen atoms in total. The van der Waals surface area contributed by atoms with Crippen molar-refractivity contribution in [3.05, 3.63) is 5.21 Å². The fourth-order valence-electron chi connectivity index (χ4n) is 8.06. The van der Waals surface area contributed by atoms with Crippen molar-refractivity contribution in [3.63, 3.8) is 0 Å². The zero-order chi connectivity index (χ0) is 57.7. The van der Waals surface area contributed by atoms with E-state index in [-0.39, 0.29) is 196 Å². The van der Waals surface area contributed by atoms with Crippen molar-refractivity contribution >= 4 is 85.3 Å². The van der Waals surface area contributed by atoms with Gasteiger partial charge < -0.3 is 135 Å². The normalized spacial score (nSPS) is 39.3. The number of aliphatic hydroxyl groups excluding tert-OH is 6. The largest absolute Gasteiger partial charge is 2.00 e. The Morgan fingerprint density at radius 1 is 0.494 bits per heavy atom. The second-order valence-electron chi connectivity index (χ2n) is 17.2. The number of carbonyl (C=O) groups excluding carboxylic acids is 1. The molecule has 0 aromatic carbocycles. The SMILES string of the molecule is CO[C@@H]1OC(C(=O)[O-])[C@@H](O[C@H]2OC(COS(=O)(=O)[O-])[C@@H](O)[C@H](O)C2N)[C@H](O)C1O.CO[C@H]1OC(COS(=O)(=O)[O-])[C@@H](O[C@@H]2O[C@@H]([NH2+][O-])[C@@H](O[C@H]3OC(COS(=O)(=O)[O-])[C@@H](C)[C@H](C)C3N)C(O)C2OS(=O)(=O)[O-])[C@H](O)C1N.[Ca+2].[Na+].[Na+].[Na+].[Na+].[Na+].[OH-]. The minimum absolute atomic E-state index is 0. The number of quaternary nitrogens is 1. The predicted octanol–water partition coefficient (Wildman–Crippen LogP) is -29.0. The Bertz CT molecular complexity index is 2370. The Balaban J connectivity index is -0.000000757. The monoisotopic (exact) mass is 1370 g/mol. The summed E-state index contributed by atoms with van der Waals surface area (Å²) in [6, 6.07) is -4.01. The van der Waals surface area contributed by atoms with E-state index in [9.17, 15) is 97.6 Å². The van der Waals surface area contributed by atoms with Crippen molar-refractivity contribution in [1.29, 1.82) is 0 Å². The van der Waals surface area contributed by atoms with E-state index < -0.39 is 220 Å². The topological polar surface area (TPSA) is 667 Å². The number of aliphatic carboxylic acids is 1. The third-order valence-corrected chi connectivity index (χ3v) is 14.0. The molecule has 0 aliphatic carbocycles. The van der Waals surface area contributed by atoms with Crippen LogP contribution < -0.4 is 176 Å². The molecule has 5 aliphatic rings. The van der Waals surface area contributed by atoms with Crippen molar-refractivity contribution in [3.8, 4) is 0 Å². The minimum atomic E-state index is -5.70. The molecule has 0 amide bonds. The van der Waals surface area contributed by atoms with E-state index in [1.807, 2.05) is 0 Å². The summed E-state index contributed by atoms with van der Waals surface area (Å²) in [5, 5.41) is 85.5. The van der Waals surface area contributed by atoms with Crippen LogP contribution >= 0.6 is 0 Å². The van der Waals surface area contributed by atoms with Crippen LogP contribution in [0.1, 0.15) is 13.8 Å². The van der Waals surface area contributed by atoms with E-state index >= 15 is 0 Å². The number of hydroxylamine groups is 1. The van der Waals surface area contributed by atoms with Gasteiger partial charge in [-0.3, -0.25) is 21.5 Å². The smallest absolute Gasteiger partial charge is 0.870 e. The first-order valence-electron chi connectivity index (χ1n) is 21.7. The van der Waals surface area contributed by atoms with Gasteiger partial charge in [-0.25, -0.2) is 33.7 Å². The Morgan fingerprint density at radius 2 is 0.916 bits per heavy atom. The average molecular weight is 1370 g/mol. The summed E-state index contributed by atoms with van der Waals surface area (Å²) >= 11 is 0. The first-order valence-corrected chi connectivity index (χ1v) is 27.0. The first-order chi connectivity index (χ1) is 34.9. The molecule has 0 bridgehead atoms.